The molecule has 0 aliphatic carbocycles. The molecule has 2 aromatic carbocycles. The summed E-state index contributed by atoms with van der Waals surface area (Å²) in [5.74, 6) is -0.0225. The van der Waals surface area contributed by atoms with Crippen LogP contribution in [0.4, 0.5) is 5.69 Å². The molecule has 5 heteroatoms. The maximum atomic E-state index is 12.3. The molecule has 4 rings (SSSR count). The molecule has 1 N–H and O–H groups in total. The van der Waals surface area contributed by atoms with Gasteiger partial charge in [0.05, 0.1) is 19.6 Å². The van der Waals surface area contributed by atoms with Crippen molar-refractivity contribution in [2.45, 2.75) is 32.9 Å². The molecule has 0 unspecified atom stereocenters. The van der Waals surface area contributed by atoms with Gasteiger partial charge in [0, 0.05) is 42.3 Å². The van der Waals surface area contributed by atoms with Crippen LogP contribution in [0.25, 0.3) is 11.1 Å². The number of benzene rings is 2. The van der Waals surface area contributed by atoms with E-state index in [2.05, 4.69) is 52.5 Å². The average molecular weight is 416 g/mol. The number of carbonyl (C=O) groups excluding carboxylic acids is 1. The van der Waals surface area contributed by atoms with E-state index in [4.69, 9.17) is 4.74 Å². The van der Waals surface area contributed by atoms with E-state index in [1.54, 1.807) is 0 Å². The first-order valence-electron chi connectivity index (χ1n) is 10.8. The molecule has 1 aliphatic rings. The number of hydrogen-bond acceptors (Lipinski definition) is 4. The van der Waals surface area contributed by atoms with Crippen molar-refractivity contribution in [3.05, 3.63) is 83.7 Å². The highest BCUT2D eigenvalue weighted by atomic mass is 16.5. The molecule has 3 aromatic rings. The summed E-state index contributed by atoms with van der Waals surface area (Å²) < 4.78 is 5.53. The van der Waals surface area contributed by atoms with Crippen LogP contribution in [-0.4, -0.2) is 36.7 Å². The topological polar surface area (TPSA) is 54.5 Å². The third kappa shape index (κ3) is 5.50. The van der Waals surface area contributed by atoms with E-state index in [9.17, 15) is 4.79 Å². The van der Waals surface area contributed by atoms with Crippen molar-refractivity contribution in [2.24, 2.45) is 0 Å². The van der Waals surface area contributed by atoms with E-state index in [-0.39, 0.29) is 12.3 Å². The third-order valence-electron chi connectivity index (χ3n) is 5.64. The normalized spacial score (nSPS) is 16.2. The number of morpholine rings is 1. The number of aryl methyl sites for hydroxylation is 1. The number of nitrogens with zero attached hydrogens (tertiary/aromatic N) is 2. The summed E-state index contributed by atoms with van der Waals surface area (Å²) in [6, 6.07) is 21.1. The molecule has 160 valence electrons. The molecule has 1 saturated heterocycles. The zero-order valence-electron chi connectivity index (χ0n) is 18.2. The van der Waals surface area contributed by atoms with Crippen molar-refractivity contribution in [2.75, 3.05) is 24.7 Å². The summed E-state index contributed by atoms with van der Waals surface area (Å²) in [7, 11) is 0. The second kappa shape index (κ2) is 9.75. The Morgan fingerprint density at radius 2 is 1.94 bits per heavy atom. The number of amides is 1. The maximum absolute atomic E-state index is 12.3. The van der Waals surface area contributed by atoms with Crippen LogP contribution in [0.1, 0.15) is 23.7 Å². The molecule has 31 heavy (non-hydrogen) atoms. The van der Waals surface area contributed by atoms with E-state index in [0.29, 0.717) is 12.6 Å². The third-order valence-corrected chi connectivity index (χ3v) is 5.64. The van der Waals surface area contributed by atoms with Gasteiger partial charge < -0.3 is 15.0 Å². The number of hydrogen-bond donors (Lipinski definition) is 1. The van der Waals surface area contributed by atoms with Crippen molar-refractivity contribution >= 4 is 11.6 Å². The lowest BCUT2D eigenvalue weighted by molar-refractivity contribution is -0.120. The predicted octanol–water partition coefficient (Wildman–Crippen LogP) is 4.14. The summed E-state index contributed by atoms with van der Waals surface area (Å²) in [6.07, 6.45) is 2.12. The maximum Gasteiger partial charge on any atom is 0.226 e. The fourth-order valence-electron chi connectivity index (χ4n) is 3.91. The van der Waals surface area contributed by atoms with E-state index in [0.717, 1.165) is 42.1 Å². The summed E-state index contributed by atoms with van der Waals surface area (Å²) in [5, 5.41) is 2.97. The number of pyridine rings is 1. The van der Waals surface area contributed by atoms with Crippen molar-refractivity contribution in [1.82, 2.24) is 10.3 Å². The van der Waals surface area contributed by atoms with Crippen molar-refractivity contribution in [1.29, 1.82) is 0 Å². The molecule has 2 heterocycles. The summed E-state index contributed by atoms with van der Waals surface area (Å²) in [4.78, 5) is 19.2. The minimum atomic E-state index is -0.0225. The molecule has 0 bridgehead atoms. The van der Waals surface area contributed by atoms with Gasteiger partial charge in [-0.3, -0.25) is 9.78 Å². The van der Waals surface area contributed by atoms with Crippen LogP contribution < -0.4 is 10.2 Å². The Hall–Kier alpha value is -3.18. The van der Waals surface area contributed by atoms with Gasteiger partial charge in [-0.1, -0.05) is 48.0 Å². The molecule has 1 aromatic heterocycles. The second-order valence-corrected chi connectivity index (χ2v) is 8.14. The second-order valence-electron chi connectivity index (χ2n) is 8.14. The lowest BCUT2D eigenvalue weighted by Crippen LogP contribution is -2.43. The van der Waals surface area contributed by atoms with Gasteiger partial charge in [-0.15, -0.1) is 0 Å². The van der Waals surface area contributed by atoms with E-state index in [1.165, 1.54) is 11.3 Å². The van der Waals surface area contributed by atoms with Gasteiger partial charge in [-0.05, 0) is 43.2 Å². The van der Waals surface area contributed by atoms with Gasteiger partial charge in [0.2, 0.25) is 5.91 Å². The molecular weight excluding hydrogens is 386 g/mol. The quantitative estimate of drug-likeness (QED) is 0.657. The number of aromatic nitrogens is 1. The molecule has 0 radical (unpaired) electrons. The molecule has 0 spiro atoms. The monoisotopic (exact) mass is 415 g/mol. The van der Waals surface area contributed by atoms with Gasteiger partial charge in [-0.2, -0.15) is 0 Å². The summed E-state index contributed by atoms with van der Waals surface area (Å²) in [6.45, 7) is 7.23. The fourth-order valence-corrected chi connectivity index (χ4v) is 3.91. The first-order chi connectivity index (χ1) is 15.1. The van der Waals surface area contributed by atoms with Gasteiger partial charge in [0.25, 0.3) is 0 Å². The molecule has 1 fully saturated rings. The van der Waals surface area contributed by atoms with Crippen molar-refractivity contribution in [3.63, 3.8) is 0 Å². The molecule has 0 saturated carbocycles. The first-order valence-corrected chi connectivity index (χ1v) is 10.8. The molecule has 5 nitrogen and oxygen atoms in total. The SMILES string of the molecule is Cc1cccc(CNC(=O)Cc2ccc(-c3ccc(N4CCOC[C@H]4C)cc3)cn2)c1. The highest BCUT2D eigenvalue weighted by molar-refractivity contribution is 5.78. The van der Waals surface area contributed by atoms with E-state index >= 15 is 0 Å². The molecule has 1 atom stereocenters. The van der Waals surface area contributed by atoms with Crippen LogP contribution in [-0.2, 0) is 22.5 Å². The minimum absolute atomic E-state index is 0.0225. The van der Waals surface area contributed by atoms with Crippen LogP contribution in [0.3, 0.4) is 0 Å². The number of rotatable bonds is 6. The van der Waals surface area contributed by atoms with E-state index < -0.39 is 0 Å². The molecule has 1 aliphatic heterocycles. The smallest absolute Gasteiger partial charge is 0.226 e. The Bertz CT molecular complexity index is 1020. The van der Waals surface area contributed by atoms with Gasteiger partial charge >= 0.3 is 0 Å². The zero-order chi connectivity index (χ0) is 21.6. The standard InChI is InChI=1S/C26H29N3O2/c1-19-4-3-5-21(14-19)16-28-26(30)15-24-9-6-23(17-27-24)22-7-10-25(11-8-22)29-12-13-31-18-20(29)2/h3-11,14,17,20H,12-13,15-16,18H2,1-2H3,(H,28,30)/t20-/m1/s1. The molecule has 1 amide bonds. The largest absolute Gasteiger partial charge is 0.377 e. The van der Waals surface area contributed by atoms with Gasteiger partial charge in [0.1, 0.15) is 0 Å². The Kier molecular flexibility index (Phi) is 6.63. The van der Waals surface area contributed by atoms with E-state index in [1.807, 2.05) is 43.5 Å². The number of ether oxygens (including phenoxy) is 1. The summed E-state index contributed by atoms with van der Waals surface area (Å²) in [5.41, 5.74) is 6.44. The van der Waals surface area contributed by atoms with Crippen LogP contribution in [0.15, 0.2) is 66.9 Å². The lowest BCUT2D eigenvalue weighted by atomic mass is 10.1. The lowest BCUT2D eigenvalue weighted by Gasteiger charge is -2.35. The van der Waals surface area contributed by atoms with Crippen LogP contribution in [0.5, 0.6) is 0 Å². The van der Waals surface area contributed by atoms with Crippen LogP contribution in [0, 0.1) is 6.92 Å². The van der Waals surface area contributed by atoms with Crippen molar-refractivity contribution < 1.29 is 9.53 Å². The van der Waals surface area contributed by atoms with Crippen molar-refractivity contribution in [3.8, 4) is 11.1 Å². The average Bonchev–Trinajstić information content (AvgIpc) is 2.79. The van der Waals surface area contributed by atoms with Crippen LogP contribution in [0.2, 0.25) is 0 Å². The number of anilines is 1. The Labute approximate surface area is 184 Å². The number of nitrogens with one attached hydrogen (secondary N) is 1. The van der Waals surface area contributed by atoms with Gasteiger partial charge in [-0.25, -0.2) is 0 Å². The highest BCUT2D eigenvalue weighted by Crippen LogP contribution is 2.25. The zero-order valence-corrected chi connectivity index (χ0v) is 18.2. The Morgan fingerprint density at radius 1 is 1.13 bits per heavy atom. The molecular formula is C26H29N3O2. The van der Waals surface area contributed by atoms with Crippen LogP contribution >= 0.6 is 0 Å². The number of carbonyl (C=O) groups is 1. The first kappa shape index (κ1) is 21.1. The van der Waals surface area contributed by atoms with Gasteiger partial charge in [0.15, 0.2) is 0 Å². The Balaban J connectivity index is 1.34. The minimum Gasteiger partial charge on any atom is -0.377 e. The predicted molar refractivity (Wildman–Crippen MR) is 124 cm³/mol. The Morgan fingerprint density at radius 3 is 2.65 bits per heavy atom. The summed E-state index contributed by atoms with van der Waals surface area (Å²) >= 11 is 0. The highest BCUT2D eigenvalue weighted by Gasteiger charge is 2.18. The fraction of sp³-hybridized carbons (Fsp3) is 0.308.